The summed E-state index contributed by atoms with van der Waals surface area (Å²) in [6, 6.07) is 5.42. The molecule has 1 aliphatic heterocycles. The zero-order valence-electron chi connectivity index (χ0n) is 13.7. The molecule has 1 saturated heterocycles. The maximum atomic E-state index is 12.9. The fraction of sp³-hybridized carbons (Fsp3) is 0.625. The molecule has 0 unspecified atom stereocenters. The minimum Gasteiger partial charge on any atom is -0.404 e. The van der Waals surface area contributed by atoms with Gasteiger partial charge in [-0.1, -0.05) is 18.6 Å². The van der Waals surface area contributed by atoms with Crippen LogP contribution in [0.25, 0.3) is 0 Å². The molecule has 1 aromatic carbocycles. The third-order valence-electron chi connectivity index (χ3n) is 4.77. The molecule has 0 N–H and O–H groups in total. The Labute approximate surface area is 145 Å². The van der Waals surface area contributed by atoms with Gasteiger partial charge in [-0.2, -0.15) is 4.31 Å². The van der Waals surface area contributed by atoms with E-state index in [1.54, 1.807) is 0 Å². The van der Waals surface area contributed by atoms with Gasteiger partial charge in [-0.3, -0.25) is 4.90 Å². The zero-order valence-corrected chi connectivity index (χ0v) is 14.5. The summed E-state index contributed by atoms with van der Waals surface area (Å²) < 4.78 is 68.6. The van der Waals surface area contributed by atoms with Gasteiger partial charge in [0.25, 0.3) is 0 Å². The first-order valence-electron chi connectivity index (χ1n) is 8.36. The molecule has 1 heterocycles. The smallest absolute Gasteiger partial charge is 0.404 e. The molecule has 3 rings (SSSR count). The van der Waals surface area contributed by atoms with E-state index in [1.165, 1.54) is 22.9 Å². The topological polar surface area (TPSA) is 49.9 Å². The third kappa shape index (κ3) is 4.27. The lowest BCUT2D eigenvalue weighted by Gasteiger charge is -2.36. The van der Waals surface area contributed by atoms with Crippen LogP contribution < -0.4 is 4.74 Å². The molecule has 1 aliphatic carbocycles. The van der Waals surface area contributed by atoms with Crippen molar-refractivity contribution in [2.24, 2.45) is 0 Å². The number of rotatable bonds is 4. The van der Waals surface area contributed by atoms with Crippen LogP contribution >= 0.6 is 0 Å². The van der Waals surface area contributed by atoms with Gasteiger partial charge in [-0.05, 0) is 37.9 Å². The van der Waals surface area contributed by atoms with Crippen molar-refractivity contribution in [2.45, 2.75) is 43.0 Å². The first-order chi connectivity index (χ1) is 11.8. The number of hydrogen-bond acceptors (Lipinski definition) is 4. The average molecular weight is 378 g/mol. The van der Waals surface area contributed by atoms with Crippen LogP contribution in [0.2, 0.25) is 0 Å². The number of para-hydroxylation sites is 1. The first kappa shape index (κ1) is 18.5. The van der Waals surface area contributed by atoms with Crippen molar-refractivity contribution in [3.8, 4) is 5.75 Å². The first-order valence-corrected chi connectivity index (χ1v) is 9.80. The highest BCUT2D eigenvalue weighted by Gasteiger charge is 2.36. The van der Waals surface area contributed by atoms with Crippen LogP contribution in [0.1, 0.15) is 25.7 Å². The van der Waals surface area contributed by atoms with Gasteiger partial charge in [-0.15, -0.1) is 13.2 Å². The largest absolute Gasteiger partial charge is 0.573 e. The number of benzene rings is 1. The number of ether oxygens (including phenoxy) is 1. The molecule has 0 aromatic heterocycles. The SMILES string of the molecule is O=S(=O)(c1ccccc1OC(F)(F)F)N1CCCN(C2CCC2)CC1. The fourth-order valence-electron chi connectivity index (χ4n) is 3.28. The highest BCUT2D eigenvalue weighted by atomic mass is 32.2. The minimum absolute atomic E-state index is 0.277. The van der Waals surface area contributed by atoms with Crippen LogP contribution in [0.5, 0.6) is 5.75 Å². The van der Waals surface area contributed by atoms with Crippen molar-refractivity contribution in [3.05, 3.63) is 24.3 Å². The lowest BCUT2D eigenvalue weighted by molar-refractivity contribution is -0.275. The molecule has 0 radical (unpaired) electrons. The molecule has 1 saturated carbocycles. The normalized spacial score (nSPS) is 21.6. The maximum Gasteiger partial charge on any atom is 0.573 e. The standard InChI is InChI=1S/C16H21F3N2O3S/c17-16(18,19)24-14-7-1-2-8-15(14)25(22,23)21-10-4-9-20(11-12-21)13-5-3-6-13/h1-2,7-8,13H,3-6,9-12H2. The van der Waals surface area contributed by atoms with E-state index in [0.29, 0.717) is 25.6 Å². The molecule has 2 fully saturated rings. The summed E-state index contributed by atoms with van der Waals surface area (Å²) in [6.07, 6.45) is -0.807. The third-order valence-corrected chi connectivity index (χ3v) is 6.71. The Hall–Kier alpha value is -1.32. The Morgan fingerprint density at radius 2 is 1.72 bits per heavy atom. The average Bonchev–Trinajstić information content (AvgIpc) is 2.71. The van der Waals surface area contributed by atoms with E-state index < -0.39 is 27.0 Å². The van der Waals surface area contributed by atoms with Crippen LogP contribution in [0.3, 0.4) is 0 Å². The van der Waals surface area contributed by atoms with E-state index in [-0.39, 0.29) is 6.54 Å². The van der Waals surface area contributed by atoms with Crippen LogP contribution in [-0.2, 0) is 10.0 Å². The number of nitrogens with zero attached hydrogens (tertiary/aromatic N) is 2. The summed E-state index contributed by atoms with van der Waals surface area (Å²) in [5, 5.41) is 0. The van der Waals surface area contributed by atoms with Gasteiger partial charge < -0.3 is 4.74 Å². The van der Waals surface area contributed by atoms with Crippen LogP contribution in [-0.4, -0.2) is 56.2 Å². The van der Waals surface area contributed by atoms with E-state index in [4.69, 9.17) is 0 Å². The lowest BCUT2D eigenvalue weighted by Crippen LogP contribution is -2.42. The number of hydrogen-bond donors (Lipinski definition) is 0. The van der Waals surface area contributed by atoms with Gasteiger partial charge in [0.1, 0.15) is 10.6 Å². The Morgan fingerprint density at radius 1 is 1.00 bits per heavy atom. The summed E-state index contributed by atoms with van der Waals surface area (Å²) >= 11 is 0. The molecule has 140 valence electrons. The van der Waals surface area contributed by atoms with Crippen molar-refractivity contribution in [1.29, 1.82) is 0 Å². The lowest BCUT2D eigenvalue weighted by atomic mass is 9.91. The molecular weight excluding hydrogens is 357 g/mol. The van der Waals surface area contributed by atoms with Gasteiger partial charge in [-0.25, -0.2) is 8.42 Å². The van der Waals surface area contributed by atoms with Crippen molar-refractivity contribution in [1.82, 2.24) is 9.21 Å². The summed E-state index contributed by atoms with van der Waals surface area (Å²) in [5.41, 5.74) is 0. The van der Waals surface area contributed by atoms with Gasteiger partial charge in [0.05, 0.1) is 0 Å². The van der Waals surface area contributed by atoms with Gasteiger partial charge in [0.15, 0.2) is 0 Å². The van der Waals surface area contributed by atoms with E-state index >= 15 is 0 Å². The van der Waals surface area contributed by atoms with Gasteiger partial charge in [0.2, 0.25) is 10.0 Å². The summed E-state index contributed by atoms with van der Waals surface area (Å²) in [6.45, 7) is 1.99. The van der Waals surface area contributed by atoms with Crippen molar-refractivity contribution < 1.29 is 26.3 Å². The maximum absolute atomic E-state index is 12.9. The second-order valence-electron chi connectivity index (χ2n) is 6.37. The molecule has 9 heteroatoms. The number of halogens is 3. The fourth-order valence-corrected chi connectivity index (χ4v) is 4.87. The quantitative estimate of drug-likeness (QED) is 0.809. The van der Waals surface area contributed by atoms with Crippen molar-refractivity contribution in [3.63, 3.8) is 0 Å². The van der Waals surface area contributed by atoms with E-state index in [9.17, 15) is 21.6 Å². The monoisotopic (exact) mass is 378 g/mol. The summed E-state index contributed by atoms with van der Waals surface area (Å²) in [7, 11) is -4.04. The van der Waals surface area contributed by atoms with Crippen LogP contribution in [0.15, 0.2) is 29.2 Å². The Morgan fingerprint density at radius 3 is 2.36 bits per heavy atom. The molecule has 0 spiro atoms. The highest BCUT2D eigenvalue weighted by molar-refractivity contribution is 7.89. The molecular formula is C16H21F3N2O3S. The Balaban J connectivity index is 1.79. The second-order valence-corrected chi connectivity index (χ2v) is 8.28. The van der Waals surface area contributed by atoms with Crippen LogP contribution in [0.4, 0.5) is 13.2 Å². The molecule has 2 aliphatic rings. The van der Waals surface area contributed by atoms with Crippen molar-refractivity contribution in [2.75, 3.05) is 26.2 Å². The number of sulfonamides is 1. The second kappa shape index (κ2) is 7.13. The predicted octanol–water partition coefficient (Wildman–Crippen LogP) is 2.83. The summed E-state index contributed by atoms with van der Waals surface area (Å²) in [5.74, 6) is -0.685. The van der Waals surface area contributed by atoms with Gasteiger partial charge >= 0.3 is 6.36 Å². The van der Waals surface area contributed by atoms with Gasteiger partial charge in [0, 0.05) is 25.7 Å². The van der Waals surface area contributed by atoms with E-state index in [2.05, 4.69) is 9.64 Å². The Kier molecular flexibility index (Phi) is 5.26. The predicted molar refractivity (Wildman–Crippen MR) is 85.7 cm³/mol. The number of alkyl halides is 3. The van der Waals surface area contributed by atoms with Crippen molar-refractivity contribution >= 4 is 10.0 Å². The molecule has 0 atom stereocenters. The minimum atomic E-state index is -4.94. The summed E-state index contributed by atoms with van der Waals surface area (Å²) in [4.78, 5) is 1.85. The van der Waals surface area contributed by atoms with E-state index in [0.717, 1.165) is 31.5 Å². The molecule has 0 amide bonds. The zero-order chi connectivity index (χ0) is 18.1. The molecule has 0 bridgehead atoms. The highest BCUT2D eigenvalue weighted by Crippen LogP contribution is 2.32. The molecule has 1 aromatic rings. The molecule has 5 nitrogen and oxygen atoms in total. The molecule has 25 heavy (non-hydrogen) atoms. The van der Waals surface area contributed by atoms with E-state index in [1.807, 2.05) is 0 Å². The Bertz CT molecular complexity index is 705. The van der Waals surface area contributed by atoms with Crippen LogP contribution in [0, 0.1) is 0 Å².